The minimum absolute atomic E-state index is 0.133. The van der Waals surface area contributed by atoms with Crippen molar-refractivity contribution in [3.63, 3.8) is 0 Å². The van der Waals surface area contributed by atoms with Crippen molar-refractivity contribution in [1.29, 1.82) is 0 Å². The zero-order valence-corrected chi connectivity index (χ0v) is 14.8. The normalized spacial score (nSPS) is 14.6. The van der Waals surface area contributed by atoms with E-state index in [1.165, 1.54) is 6.92 Å². The lowest BCUT2D eigenvalue weighted by Crippen LogP contribution is -2.19. The van der Waals surface area contributed by atoms with Gasteiger partial charge in [-0.1, -0.05) is 13.0 Å². The van der Waals surface area contributed by atoms with Crippen molar-refractivity contribution in [2.24, 2.45) is 0 Å². The summed E-state index contributed by atoms with van der Waals surface area (Å²) in [6.07, 6.45) is -10.3. The standard InChI is InChI=1S/C10H8F6S.C3H9O3P/c1-2-5-3-4-6(17)8(10(14,15)16)7(5)9(11,12)13;1-3-6-7(2,4)5/h3-4,17H,2H2,1H3;3H2,1-2H3,(H,4,5). The van der Waals surface area contributed by atoms with Crippen LogP contribution in [0.15, 0.2) is 17.0 Å². The second-order valence-corrected chi connectivity index (χ2v) is 6.91. The second kappa shape index (κ2) is 8.60. The fourth-order valence-corrected chi connectivity index (χ4v) is 2.57. The molecular formula is C13H17F6O3PS. The summed E-state index contributed by atoms with van der Waals surface area (Å²) >= 11 is 3.46. The highest BCUT2D eigenvalue weighted by atomic mass is 32.1. The van der Waals surface area contributed by atoms with Gasteiger partial charge in [0, 0.05) is 11.6 Å². The predicted octanol–water partition coefficient (Wildman–Crippen LogP) is 5.41. The van der Waals surface area contributed by atoms with Crippen LogP contribution < -0.4 is 0 Å². The van der Waals surface area contributed by atoms with Gasteiger partial charge in [0.15, 0.2) is 0 Å². The Morgan fingerprint density at radius 2 is 1.54 bits per heavy atom. The van der Waals surface area contributed by atoms with Crippen molar-refractivity contribution in [3.8, 4) is 0 Å². The van der Waals surface area contributed by atoms with E-state index in [2.05, 4.69) is 17.2 Å². The molecule has 1 unspecified atom stereocenters. The number of rotatable bonds is 3. The second-order valence-electron chi connectivity index (χ2n) is 4.56. The number of thiol groups is 1. The number of alkyl halides is 6. The Balaban J connectivity index is 0.000000640. The molecule has 0 radical (unpaired) electrons. The molecule has 1 N–H and O–H groups in total. The van der Waals surface area contributed by atoms with E-state index in [4.69, 9.17) is 4.89 Å². The monoisotopic (exact) mass is 398 g/mol. The molecule has 0 saturated carbocycles. The first-order chi connectivity index (χ1) is 10.6. The summed E-state index contributed by atoms with van der Waals surface area (Å²) in [6, 6.07) is 1.94. The Morgan fingerprint density at radius 1 is 1.08 bits per heavy atom. The van der Waals surface area contributed by atoms with Crippen LogP contribution in [-0.2, 0) is 27.9 Å². The van der Waals surface area contributed by atoms with E-state index in [1.54, 1.807) is 6.92 Å². The first-order valence-electron chi connectivity index (χ1n) is 6.59. The van der Waals surface area contributed by atoms with E-state index >= 15 is 0 Å². The van der Waals surface area contributed by atoms with Gasteiger partial charge in [0.2, 0.25) is 0 Å². The maximum atomic E-state index is 12.7. The molecule has 0 spiro atoms. The summed E-state index contributed by atoms with van der Waals surface area (Å²) in [5.74, 6) is 0. The summed E-state index contributed by atoms with van der Waals surface area (Å²) < 4.78 is 90.3. The van der Waals surface area contributed by atoms with Crippen molar-refractivity contribution in [2.45, 2.75) is 37.5 Å². The fraction of sp³-hybridized carbons (Fsp3) is 0.538. The van der Waals surface area contributed by atoms with Crippen LogP contribution in [0, 0.1) is 0 Å². The lowest BCUT2D eigenvalue weighted by Gasteiger charge is -2.20. The Morgan fingerprint density at radius 3 is 1.79 bits per heavy atom. The van der Waals surface area contributed by atoms with Crippen molar-refractivity contribution in [1.82, 2.24) is 0 Å². The molecule has 0 aliphatic carbocycles. The molecule has 0 fully saturated rings. The van der Waals surface area contributed by atoms with E-state index in [9.17, 15) is 30.9 Å². The van der Waals surface area contributed by atoms with E-state index in [1.807, 2.05) is 0 Å². The van der Waals surface area contributed by atoms with Gasteiger partial charge < -0.3 is 9.42 Å². The van der Waals surface area contributed by atoms with Gasteiger partial charge in [0.05, 0.1) is 17.7 Å². The fourth-order valence-electron chi connectivity index (χ4n) is 1.78. The first kappa shape index (κ1) is 23.3. The number of benzene rings is 1. The van der Waals surface area contributed by atoms with Gasteiger partial charge in [-0.15, -0.1) is 12.6 Å². The van der Waals surface area contributed by atoms with E-state index in [0.717, 1.165) is 18.8 Å². The van der Waals surface area contributed by atoms with E-state index < -0.39 is 36.0 Å². The lowest BCUT2D eigenvalue weighted by atomic mass is 9.98. The molecule has 1 atom stereocenters. The van der Waals surface area contributed by atoms with Crippen LogP contribution >= 0.6 is 20.2 Å². The molecule has 0 amide bonds. The van der Waals surface area contributed by atoms with Crippen LogP contribution in [0.1, 0.15) is 30.5 Å². The molecule has 0 aliphatic heterocycles. The zero-order valence-electron chi connectivity index (χ0n) is 13.0. The number of hydrogen-bond acceptors (Lipinski definition) is 3. The van der Waals surface area contributed by atoms with Gasteiger partial charge in [0.1, 0.15) is 0 Å². The Kier molecular flexibility index (Phi) is 8.35. The molecule has 1 aromatic rings. The third kappa shape index (κ3) is 7.46. The van der Waals surface area contributed by atoms with Gasteiger partial charge in [0.25, 0.3) is 0 Å². The predicted molar refractivity (Wildman–Crippen MR) is 80.5 cm³/mol. The molecule has 0 bridgehead atoms. The Bertz CT molecular complexity index is 595. The van der Waals surface area contributed by atoms with Crippen LogP contribution in [0.25, 0.3) is 0 Å². The van der Waals surface area contributed by atoms with Gasteiger partial charge in [-0.2, -0.15) is 26.3 Å². The van der Waals surface area contributed by atoms with Gasteiger partial charge in [-0.3, -0.25) is 4.57 Å². The van der Waals surface area contributed by atoms with Crippen LogP contribution in [0.2, 0.25) is 0 Å². The summed E-state index contributed by atoms with van der Waals surface area (Å²) in [4.78, 5) is 7.63. The topological polar surface area (TPSA) is 46.5 Å². The number of halogens is 6. The molecule has 0 aliphatic rings. The summed E-state index contributed by atoms with van der Waals surface area (Å²) in [6.45, 7) is 4.50. The molecule has 0 saturated heterocycles. The van der Waals surface area contributed by atoms with E-state index in [0.29, 0.717) is 6.61 Å². The Labute approximate surface area is 141 Å². The minimum Gasteiger partial charge on any atom is -0.324 e. The SMILES string of the molecule is CCOP(C)(=O)O.CCc1ccc(S)c(C(F)(F)F)c1C(F)(F)F. The van der Waals surface area contributed by atoms with Crippen LogP contribution in [0.5, 0.6) is 0 Å². The smallest absolute Gasteiger partial charge is 0.324 e. The molecule has 1 aromatic carbocycles. The average molecular weight is 398 g/mol. The van der Waals surface area contributed by atoms with Crippen LogP contribution in [0.3, 0.4) is 0 Å². The summed E-state index contributed by atoms with van der Waals surface area (Å²) in [7, 11) is -3.17. The number of aryl methyl sites for hydroxylation is 1. The molecule has 24 heavy (non-hydrogen) atoms. The summed E-state index contributed by atoms with van der Waals surface area (Å²) in [5.41, 5.74) is -3.74. The van der Waals surface area contributed by atoms with Crippen LogP contribution in [-0.4, -0.2) is 18.2 Å². The van der Waals surface area contributed by atoms with E-state index in [-0.39, 0.29) is 12.0 Å². The number of hydrogen-bond donors (Lipinski definition) is 2. The quantitative estimate of drug-likeness (QED) is 0.406. The van der Waals surface area contributed by atoms with Gasteiger partial charge in [-0.25, -0.2) is 0 Å². The highest BCUT2D eigenvalue weighted by molar-refractivity contribution is 7.80. The Hall–Kier alpha value is -0.700. The minimum atomic E-state index is -5.08. The average Bonchev–Trinajstić information content (AvgIpc) is 2.35. The van der Waals surface area contributed by atoms with Crippen LogP contribution in [0.4, 0.5) is 26.3 Å². The molecular weight excluding hydrogens is 381 g/mol. The van der Waals surface area contributed by atoms with Crippen molar-refractivity contribution in [2.75, 3.05) is 13.3 Å². The first-order valence-corrected chi connectivity index (χ1v) is 9.06. The highest BCUT2D eigenvalue weighted by Gasteiger charge is 2.45. The molecule has 0 aromatic heterocycles. The third-order valence-electron chi connectivity index (χ3n) is 2.59. The molecule has 1 rings (SSSR count). The maximum absolute atomic E-state index is 12.7. The van der Waals surface area contributed by atoms with Gasteiger partial charge >= 0.3 is 19.9 Å². The van der Waals surface area contributed by atoms with Crippen molar-refractivity contribution < 1.29 is 40.3 Å². The highest BCUT2D eigenvalue weighted by Crippen LogP contribution is 2.44. The van der Waals surface area contributed by atoms with Crippen molar-refractivity contribution in [3.05, 3.63) is 28.8 Å². The summed E-state index contributed by atoms with van der Waals surface area (Å²) in [5, 5.41) is 0. The molecule has 140 valence electrons. The molecule has 3 nitrogen and oxygen atoms in total. The maximum Gasteiger partial charge on any atom is 0.418 e. The lowest BCUT2D eigenvalue weighted by molar-refractivity contribution is -0.164. The largest absolute Gasteiger partial charge is 0.418 e. The third-order valence-corrected chi connectivity index (χ3v) is 3.70. The molecule has 11 heteroatoms. The molecule has 0 heterocycles. The van der Waals surface area contributed by atoms with Gasteiger partial charge in [-0.05, 0) is 25.0 Å². The zero-order chi connectivity index (χ0) is 19.3. The van der Waals surface area contributed by atoms with Crippen molar-refractivity contribution >= 4 is 20.2 Å².